The van der Waals surface area contributed by atoms with Crippen LogP contribution in [0.15, 0.2) is 22.9 Å². The predicted octanol–water partition coefficient (Wildman–Crippen LogP) is 1.44. The maximum Gasteiger partial charge on any atom is 0.356 e. The largest absolute Gasteiger partial charge is 0.476 e. The van der Waals surface area contributed by atoms with Crippen molar-refractivity contribution in [3.05, 3.63) is 34.3 Å². The summed E-state index contributed by atoms with van der Waals surface area (Å²) in [6.07, 6.45) is 3.15. The van der Waals surface area contributed by atoms with Crippen molar-refractivity contribution in [1.29, 1.82) is 0 Å². The summed E-state index contributed by atoms with van der Waals surface area (Å²) in [6.45, 7) is 4.64. The van der Waals surface area contributed by atoms with E-state index in [1.165, 1.54) is 16.9 Å². The first kappa shape index (κ1) is 16.2. The second-order valence-corrected chi connectivity index (χ2v) is 5.49. The lowest BCUT2D eigenvalue weighted by Gasteiger charge is -2.13. The molecule has 2 aromatic heterocycles. The Balaban J connectivity index is 2.02. The Morgan fingerprint density at radius 1 is 1.50 bits per heavy atom. The molecule has 118 valence electrons. The summed E-state index contributed by atoms with van der Waals surface area (Å²) in [6, 6.07) is 0.749. The Kier molecular flexibility index (Phi) is 4.96. The quantitative estimate of drug-likeness (QED) is 0.801. The lowest BCUT2D eigenvalue weighted by molar-refractivity contribution is -0.124. The second kappa shape index (κ2) is 6.73. The van der Waals surface area contributed by atoms with Gasteiger partial charge in [-0.2, -0.15) is 10.2 Å². The summed E-state index contributed by atoms with van der Waals surface area (Å²) >= 11 is 3.39. The Morgan fingerprint density at radius 2 is 2.23 bits per heavy atom. The van der Waals surface area contributed by atoms with Gasteiger partial charge in [-0.3, -0.25) is 14.2 Å². The zero-order valence-electron chi connectivity index (χ0n) is 12.2. The van der Waals surface area contributed by atoms with Crippen LogP contribution in [0.4, 0.5) is 0 Å². The lowest BCUT2D eigenvalue weighted by atomic mass is 10.3. The molecule has 1 amide bonds. The van der Waals surface area contributed by atoms with Gasteiger partial charge >= 0.3 is 5.97 Å². The van der Waals surface area contributed by atoms with E-state index in [1.807, 2.05) is 6.92 Å². The number of carbonyl (C=O) groups excluding carboxylic acids is 1. The molecular weight excluding hydrogens is 354 g/mol. The molecule has 1 atom stereocenters. The molecule has 2 N–H and O–H groups in total. The number of halogens is 1. The molecule has 0 aliphatic rings. The molecule has 0 fully saturated rings. The number of carbonyl (C=O) groups is 2. The summed E-state index contributed by atoms with van der Waals surface area (Å²) in [5.74, 6) is -1.38. The highest BCUT2D eigenvalue weighted by molar-refractivity contribution is 9.10. The van der Waals surface area contributed by atoms with Gasteiger partial charge in [0.05, 0.1) is 22.9 Å². The minimum absolute atomic E-state index is 0.0912. The Labute approximate surface area is 135 Å². The molecule has 0 saturated carbocycles. The van der Waals surface area contributed by atoms with Crippen LogP contribution in [0.2, 0.25) is 0 Å². The number of amides is 1. The Bertz CT molecular complexity index is 694. The van der Waals surface area contributed by atoms with Crippen LogP contribution in [0.25, 0.3) is 0 Å². The molecule has 8 nitrogen and oxygen atoms in total. The van der Waals surface area contributed by atoms with Gasteiger partial charge in [0.2, 0.25) is 5.91 Å². The summed E-state index contributed by atoms with van der Waals surface area (Å²) in [4.78, 5) is 23.0. The van der Waals surface area contributed by atoms with Gasteiger partial charge in [0.15, 0.2) is 5.69 Å². The molecule has 2 heterocycles. The van der Waals surface area contributed by atoms with Gasteiger partial charge in [-0.1, -0.05) is 0 Å². The molecule has 0 spiro atoms. The molecule has 0 aromatic carbocycles. The SMILES string of the molecule is CCn1ncc(Br)c1CNC(=O)C(C)n1ccc(C(=O)O)n1. The molecule has 2 rings (SSSR count). The van der Waals surface area contributed by atoms with E-state index in [0.717, 1.165) is 10.2 Å². The minimum Gasteiger partial charge on any atom is -0.476 e. The summed E-state index contributed by atoms with van der Waals surface area (Å²) in [5, 5.41) is 19.7. The molecular formula is C13H16BrN5O3. The molecule has 9 heteroatoms. The van der Waals surface area contributed by atoms with Gasteiger partial charge in [-0.05, 0) is 35.8 Å². The fourth-order valence-electron chi connectivity index (χ4n) is 1.94. The third-order valence-electron chi connectivity index (χ3n) is 3.23. The Morgan fingerprint density at radius 3 is 2.82 bits per heavy atom. The number of carboxylic acids is 1. The van der Waals surface area contributed by atoms with E-state index in [1.54, 1.807) is 17.8 Å². The molecule has 22 heavy (non-hydrogen) atoms. The summed E-state index contributed by atoms with van der Waals surface area (Å²) < 4.78 is 3.94. The van der Waals surface area contributed by atoms with Crippen LogP contribution >= 0.6 is 15.9 Å². The number of nitrogens with one attached hydrogen (secondary N) is 1. The number of carboxylic acid groups (broad SMARTS) is 1. The Hall–Kier alpha value is -2.16. The monoisotopic (exact) mass is 369 g/mol. The number of nitrogens with zero attached hydrogens (tertiary/aromatic N) is 4. The topological polar surface area (TPSA) is 102 Å². The second-order valence-electron chi connectivity index (χ2n) is 4.63. The minimum atomic E-state index is -1.12. The van der Waals surface area contributed by atoms with Crippen molar-refractivity contribution in [3.8, 4) is 0 Å². The maximum absolute atomic E-state index is 12.2. The van der Waals surface area contributed by atoms with Gasteiger partial charge in [-0.25, -0.2) is 4.79 Å². The zero-order chi connectivity index (χ0) is 16.3. The van der Waals surface area contributed by atoms with Crippen molar-refractivity contribution in [2.75, 3.05) is 0 Å². The molecule has 0 radical (unpaired) electrons. The van der Waals surface area contributed by atoms with Crippen LogP contribution in [0, 0.1) is 0 Å². The van der Waals surface area contributed by atoms with Crippen LogP contribution in [-0.4, -0.2) is 36.5 Å². The van der Waals surface area contributed by atoms with Crippen LogP contribution in [-0.2, 0) is 17.9 Å². The molecule has 0 aliphatic heterocycles. The van der Waals surface area contributed by atoms with Crippen molar-refractivity contribution in [2.45, 2.75) is 33.0 Å². The van der Waals surface area contributed by atoms with Crippen LogP contribution in [0.5, 0.6) is 0 Å². The zero-order valence-corrected chi connectivity index (χ0v) is 13.7. The molecule has 1 unspecified atom stereocenters. The van der Waals surface area contributed by atoms with Crippen molar-refractivity contribution >= 4 is 27.8 Å². The lowest BCUT2D eigenvalue weighted by Crippen LogP contribution is -2.31. The van der Waals surface area contributed by atoms with Gasteiger partial charge in [0.1, 0.15) is 6.04 Å². The number of rotatable bonds is 6. The highest BCUT2D eigenvalue weighted by Crippen LogP contribution is 2.16. The van der Waals surface area contributed by atoms with E-state index in [2.05, 4.69) is 31.4 Å². The molecule has 2 aromatic rings. The van der Waals surface area contributed by atoms with Crippen LogP contribution < -0.4 is 5.32 Å². The average Bonchev–Trinajstić information content (AvgIpc) is 3.11. The number of hydrogen-bond acceptors (Lipinski definition) is 4. The average molecular weight is 370 g/mol. The van der Waals surface area contributed by atoms with Crippen LogP contribution in [0.3, 0.4) is 0 Å². The van der Waals surface area contributed by atoms with Gasteiger partial charge < -0.3 is 10.4 Å². The standard InChI is InChI=1S/C13H16BrN5O3/c1-3-18-11(9(14)6-16-18)7-15-12(20)8(2)19-5-4-10(17-19)13(21)22/h4-6,8H,3,7H2,1-2H3,(H,15,20)(H,21,22). The first-order chi connectivity index (χ1) is 10.4. The third-order valence-corrected chi connectivity index (χ3v) is 3.89. The normalized spacial score (nSPS) is 12.1. The fraction of sp³-hybridized carbons (Fsp3) is 0.385. The maximum atomic E-state index is 12.2. The predicted molar refractivity (Wildman–Crippen MR) is 81.3 cm³/mol. The first-order valence-corrected chi connectivity index (χ1v) is 7.49. The van der Waals surface area contributed by atoms with E-state index in [0.29, 0.717) is 13.1 Å². The summed E-state index contributed by atoms with van der Waals surface area (Å²) in [5.41, 5.74) is 0.779. The van der Waals surface area contributed by atoms with Crippen molar-refractivity contribution in [3.63, 3.8) is 0 Å². The van der Waals surface area contributed by atoms with E-state index in [-0.39, 0.29) is 11.6 Å². The highest BCUT2D eigenvalue weighted by atomic mass is 79.9. The smallest absolute Gasteiger partial charge is 0.356 e. The van der Waals surface area contributed by atoms with Gasteiger partial charge in [0, 0.05) is 12.7 Å². The number of aromatic carboxylic acids is 1. The number of aryl methyl sites for hydroxylation is 1. The third kappa shape index (κ3) is 3.35. The fourth-order valence-corrected chi connectivity index (χ4v) is 2.38. The molecule has 0 aliphatic carbocycles. The molecule has 0 bridgehead atoms. The highest BCUT2D eigenvalue weighted by Gasteiger charge is 2.18. The van der Waals surface area contributed by atoms with Crippen molar-refractivity contribution < 1.29 is 14.7 Å². The van der Waals surface area contributed by atoms with Crippen molar-refractivity contribution in [1.82, 2.24) is 24.9 Å². The molecule has 0 saturated heterocycles. The number of aromatic nitrogens is 4. The summed E-state index contributed by atoms with van der Waals surface area (Å²) in [7, 11) is 0. The van der Waals surface area contributed by atoms with Crippen molar-refractivity contribution in [2.24, 2.45) is 0 Å². The van der Waals surface area contributed by atoms with E-state index >= 15 is 0 Å². The van der Waals surface area contributed by atoms with E-state index in [4.69, 9.17) is 5.11 Å². The first-order valence-electron chi connectivity index (χ1n) is 6.70. The van der Waals surface area contributed by atoms with E-state index < -0.39 is 12.0 Å². The van der Waals surface area contributed by atoms with Crippen LogP contribution in [0.1, 0.15) is 36.1 Å². The van der Waals surface area contributed by atoms with E-state index in [9.17, 15) is 9.59 Å². The van der Waals surface area contributed by atoms with Gasteiger partial charge in [0.25, 0.3) is 0 Å². The van der Waals surface area contributed by atoms with Gasteiger partial charge in [-0.15, -0.1) is 0 Å². The number of hydrogen-bond donors (Lipinski definition) is 2.